The summed E-state index contributed by atoms with van der Waals surface area (Å²) in [6.07, 6.45) is 0. The van der Waals surface area contributed by atoms with Crippen LogP contribution in [0.25, 0.3) is 0 Å². The first-order chi connectivity index (χ1) is 3.83. The normalized spacial score (nSPS) is 27.2. The fourth-order valence-electron chi connectivity index (χ4n) is 0.732. The van der Waals surface area contributed by atoms with Gasteiger partial charge in [0.15, 0.2) is 0 Å². The van der Waals surface area contributed by atoms with Gasteiger partial charge in [0.1, 0.15) is 0 Å². The third-order valence-electron chi connectivity index (χ3n) is 1.22. The minimum Gasteiger partial charge on any atom is -0.277 e. The van der Waals surface area contributed by atoms with Gasteiger partial charge in [0, 0.05) is 6.54 Å². The highest BCUT2D eigenvalue weighted by molar-refractivity contribution is 4.66. The maximum absolute atomic E-state index is 3.94. The predicted octanol–water partition coefficient (Wildman–Crippen LogP) is 1.08. The molecule has 0 radical (unpaired) electrons. The van der Waals surface area contributed by atoms with Crippen molar-refractivity contribution in [1.29, 1.82) is 0 Å². The first-order valence-electron chi connectivity index (χ1n) is 2.98. The van der Waals surface area contributed by atoms with E-state index in [-0.39, 0.29) is 0 Å². The highest BCUT2D eigenvalue weighted by atomic mass is 15.6. The molecule has 0 aliphatic carbocycles. The van der Waals surface area contributed by atoms with E-state index in [2.05, 4.69) is 24.2 Å². The van der Waals surface area contributed by atoms with E-state index in [1.807, 2.05) is 5.01 Å². The summed E-state index contributed by atoms with van der Waals surface area (Å²) in [6.45, 7) is 6.13. The molecule has 0 bridgehead atoms. The van der Waals surface area contributed by atoms with Crippen LogP contribution < -0.4 is 0 Å². The van der Waals surface area contributed by atoms with Gasteiger partial charge in [-0.15, -0.1) is 0 Å². The number of hydrogen-bond donors (Lipinski definition) is 0. The summed E-state index contributed by atoms with van der Waals surface area (Å²) in [6, 6.07) is 0.412. The van der Waals surface area contributed by atoms with E-state index in [1.54, 1.807) is 0 Å². The van der Waals surface area contributed by atoms with Gasteiger partial charge in [0.05, 0.1) is 12.6 Å². The van der Waals surface area contributed by atoms with Crippen molar-refractivity contribution >= 4 is 0 Å². The molecule has 0 aromatic rings. The van der Waals surface area contributed by atoms with Gasteiger partial charge in [-0.05, 0) is 13.8 Å². The molecule has 1 unspecified atom stereocenters. The molecule has 3 heteroatoms. The van der Waals surface area contributed by atoms with Gasteiger partial charge in [-0.25, -0.2) is 0 Å². The van der Waals surface area contributed by atoms with Crippen LogP contribution in [0.1, 0.15) is 13.8 Å². The minimum absolute atomic E-state index is 0.412. The Hall–Kier alpha value is -0.600. The van der Waals surface area contributed by atoms with Crippen molar-refractivity contribution in [2.75, 3.05) is 13.1 Å². The van der Waals surface area contributed by atoms with Crippen molar-refractivity contribution in [3.8, 4) is 0 Å². The lowest BCUT2D eigenvalue weighted by atomic mass is 10.4. The molecule has 46 valence electrons. The Labute approximate surface area is 49.4 Å². The Morgan fingerprint density at radius 1 is 1.75 bits per heavy atom. The minimum atomic E-state index is 0.412. The van der Waals surface area contributed by atoms with Crippen molar-refractivity contribution in [1.82, 2.24) is 5.01 Å². The van der Waals surface area contributed by atoms with E-state index in [0.717, 1.165) is 13.1 Å². The summed E-state index contributed by atoms with van der Waals surface area (Å²) in [5.41, 5.74) is 0. The van der Waals surface area contributed by atoms with Gasteiger partial charge in [-0.3, -0.25) is 5.01 Å². The topological polar surface area (TPSA) is 28.0 Å². The Kier molecular flexibility index (Phi) is 1.46. The smallest absolute Gasteiger partial charge is 0.0893 e. The van der Waals surface area contributed by atoms with Crippen LogP contribution >= 0.6 is 0 Å². The van der Waals surface area contributed by atoms with Gasteiger partial charge in [0.25, 0.3) is 0 Å². The molecule has 0 saturated heterocycles. The lowest BCUT2D eigenvalue weighted by Crippen LogP contribution is -2.18. The Morgan fingerprint density at radius 3 is 2.75 bits per heavy atom. The lowest BCUT2D eigenvalue weighted by molar-refractivity contribution is 0.328. The summed E-state index contributed by atoms with van der Waals surface area (Å²) in [5, 5.41) is 9.80. The van der Waals surface area contributed by atoms with Crippen molar-refractivity contribution in [2.45, 2.75) is 19.9 Å². The van der Waals surface area contributed by atoms with E-state index < -0.39 is 0 Å². The summed E-state index contributed by atoms with van der Waals surface area (Å²) in [7, 11) is 0. The molecule has 1 rings (SSSR count). The molecule has 3 nitrogen and oxygen atoms in total. The molecule has 0 spiro atoms. The molecule has 0 aromatic carbocycles. The van der Waals surface area contributed by atoms with Crippen LogP contribution in [0.4, 0.5) is 0 Å². The zero-order valence-corrected chi connectivity index (χ0v) is 5.33. The molecule has 1 aliphatic heterocycles. The van der Waals surface area contributed by atoms with E-state index in [1.165, 1.54) is 0 Å². The van der Waals surface area contributed by atoms with Crippen molar-refractivity contribution in [3.63, 3.8) is 0 Å². The van der Waals surface area contributed by atoms with E-state index >= 15 is 0 Å². The van der Waals surface area contributed by atoms with E-state index in [9.17, 15) is 0 Å². The molecule has 0 N–H and O–H groups in total. The number of hydrogen-bond acceptors (Lipinski definition) is 3. The maximum atomic E-state index is 3.94. The van der Waals surface area contributed by atoms with Crippen LogP contribution in [-0.2, 0) is 0 Å². The monoisotopic (exact) mass is 113 g/mol. The zero-order chi connectivity index (χ0) is 5.98. The second-order valence-electron chi connectivity index (χ2n) is 2.06. The number of nitrogens with zero attached hydrogens (tertiary/aromatic N) is 3. The highest BCUT2D eigenvalue weighted by Gasteiger charge is 2.10. The third kappa shape index (κ3) is 0.967. The van der Waals surface area contributed by atoms with Crippen LogP contribution in [0.15, 0.2) is 10.3 Å². The molecule has 0 amide bonds. The summed E-state index contributed by atoms with van der Waals surface area (Å²) >= 11 is 0. The van der Waals surface area contributed by atoms with Crippen LogP contribution in [0, 0.1) is 0 Å². The molecule has 1 heterocycles. The van der Waals surface area contributed by atoms with E-state index in [0.29, 0.717) is 6.04 Å². The quantitative estimate of drug-likeness (QED) is 0.500. The fourth-order valence-corrected chi connectivity index (χ4v) is 0.732. The van der Waals surface area contributed by atoms with Gasteiger partial charge in [-0.2, -0.15) is 5.11 Å². The van der Waals surface area contributed by atoms with Gasteiger partial charge in [0.2, 0.25) is 0 Å². The fraction of sp³-hybridized carbons (Fsp3) is 1.00. The molecular weight excluding hydrogens is 102 g/mol. The third-order valence-corrected chi connectivity index (χ3v) is 1.22. The molecular formula is C5H11N3. The molecule has 0 aromatic heterocycles. The van der Waals surface area contributed by atoms with Crippen LogP contribution in [-0.4, -0.2) is 24.1 Å². The Balaban J connectivity index is 2.34. The molecule has 0 saturated carbocycles. The van der Waals surface area contributed by atoms with Crippen LogP contribution in [0.2, 0.25) is 0 Å². The van der Waals surface area contributed by atoms with Gasteiger partial charge >= 0.3 is 0 Å². The second-order valence-corrected chi connectivity index (χ2v) is 2.06. The summed E-state index contributed by atoms with van der Waals surface area (Å²) in [5.74, 6) is 0. The summed E-state index contributed by atoms with van der Waals surface area (Å²) < 4.78 is 0. The lowest BCUT2D eigenvalue weighted by Gasteiger charge is -2.06. The zero-order valence-electron chi connectivity index (χ0n) is 5.33. The van der Waals surface area contributed by atoms with Crippen molar-refractivity contribution in [3.05, 3.63) is 0 Å². The highest BCUT2D eigenvalue weighted by Crippen LogP contribution is 2.05. The second kappa shape index (κ2) is 2.11. The first-order valence-corrected chi connectivity index (χ1v) is 2.98. The van der Waals surface area contributed by atoms with Crippen LogP contribution in [0.5, 0.6) is 0 Å². The van der Waals surface area contributed by atoms with Crippen LogP contribution in [0.3, 0.4) is 0 Å². The first kappa shape index (κ1) is 5.54. The Morgan fingerprint density at radius 2 is 2.50 bits per heavy atom. The standard InChI is InChI=1S/C5H11N3/c1-3-8-4-5(2)6-7-8/h5H,3-4H2,1-2H3. The Bertz CT molecular complexity index is 99.8. The van der Waals surface area contributed by atoms with Crippen molar-refractivity contribution in [2.24, 2.45) is 10.3 Å². The average molecular weight is 113 g/mol. The SMILES string of the molecule is CCN1CC(C)N=N1. The molecule has 0 fully saturated rings. The van der Waals surface area contributed by atoms with E-state index in [4.69, 9.17) is 0 Å². The van der Waals surface area contributed by atoms with Gasteiger partial charge < -0.3 is 0 Å². The maximum Gasteiger partial charge on any atom is 0.0893 e. The molecule has 1 atom stereocenters. The molecule has 8 heavy (non-hydrogen) atoms. The average Bonchev–Trinajstić information content (AvgIpc) is 2.14. The number of likely N-dealkylation sites (N-methyl/N-ethyl adjacent to an activating group) is 1. The number of rotatable bonds is 1. The van der Waals surface area contributed by atoms with Crippen molar-refractivity contribution < 1.29 is 0 Å². The largest absolute Gasteiger partial charge is 0.277 e. The van der Waals surface area contributed by atoms with Gasteiger partial charge in [-0.1, -0.05) is 5.22 Å². The molecule has 1 aliphatic rings. The summed E-state index contributed by atoms with van der Waals surface area (Å²) in [4.78, 5) is 0. The predicted molar refractivity (Wildman–Crippen MR) is 31.6 cm³/mol.